The van der Waals surface area contributed by atoms with E-state index < -0.39 is 0 Å². The molecule has 1 amide bonds. The topological polar surface area (TPSA) is 29.1 Å². The summed E-state index contributed by atoms with van der Waals surface area (Å²) in [5, 5.41) is 5.69. The zero-order valence-electron chi connectivity index (χ0n) is 12.3. The summed E-state index contributed by atoms with van der Waals surface area (Å²) in [6, 6.07) is 19.7. The number of amides is 1. The molecule has 0 aliphatic heterocycles. The van der Waals surface area contributed by atoms with E-state index in [0.717, 1.165) is 21.9 Å². The molecule has 22 heavy (non-hydrogen) atoms. The number of nitrogens with one attached hydrogen (secondary N) is 1. The molecule has 0 atom stereocenters. The molecule has 110 valence electrons. The zero-order chi connectivity index (χ0) is 15.5. The van der Waals surface area contributed by atoms with Crippen LogP contribution in [-0.4, -0.2) is 5.91 Å². The van der Waals surface area contributed by atoms with Crippen molar-refractivity contribution in [2.45, 2.75) is 13.3 Å². The van der Waals surface area contributed by atoms with Crippen LogP contribution in [0.1, 0.15) is 11.1 Å². The van der Waals surface area contributed by atoms with Gasteiger partial charge in [-0.05, 0) is 41.0 Å². The molecular formula is C19H16ClNO. The molecule has 0 saturated heterocycles. The van der Waals surface area contributed by atoms with Gasteiger partial charge in [-0.15, -0.1) is 0 Å². The second kappa shape index (κ2) is 6.20. The Morgan fingerprint density at radius 3 is 2.64 bits per heavy atom. The van der Waals surface area contributed by atoms with E-state index in [1.54, 1.807) is 0 Å². The highest BCUT2D eigenvalue weighted by Crippen LogP contribution is 2.24. The molecule has 0 bridgehead atoms. The number of hydrogen-bond donors (Lipinski definition) is 1. The Kier molecular flexibility index (Phi) is 4.12. The van der Waals surface area contributed by atoms with Gasteiger partial charge in [0.2, 0.25) is 5.91 Å². The number of fused-ring (bicyclic) bond motifs is 1. The molecule has 0 saturated carbocycles. The molecule has 1 N–H and O–H groups in total. The number of anilines is 1. The summed E-state index contributed by atoms with van der Waals surface area (Å²) in [5.74, 6) is -0.0675. The highest BCUT2D eigenvalue weighted by atomic mass is 35.5. The first kappa shape index (κ1) is 14.6. The van der Waals surface area contributed by atoms with E-state index in [1.165, 1.54) is 0 Å². The van der Waals surface area contributed by atoms with Gasteiger partial charge >= 0.3 is 0 Å². The van der Waals surface area contributed by atoms with Crippen molar-refractivity contribution in [3.63, 3.8) is 0 Å². The normalized spacial score (nSPS) is 10.6. The minimum atomic E-state index is -0.0675. The van der Waals surface area contributed by atoms with Gasteiger partial charge in [0.25, 0.3) is 0 Å². The van der Waals surface area contributed by atoms with Crippen molar-refractivity contribution in [2.24, 2.45) is 0 Å². The lowest BCUT2D eigenvalue weighted by Crippen LogP contribution is -2.14. The van der Waals surface area contributed by atoms with Crippen molar-refractivity contribution in [3.05, 3.63) is 76.8 Å². The Morgan fingerprint density at radius 1 is 1.05 bits per heavy atom. The van der Waals surface area contributed by atoms with Crippen LogP contribution < -0.4 is 5.32 Å². The molecule has 3 aromatic carbocycles. The molecule has 0 heterocycles. The fraction of sp³-hybridized carbons (Fsp3) is 0.105. The molecule has 0 fully saturated rings. The number of carbonyl (C=O) groups is 1. The lowest BCUT2D eigenvalue weighted by atomic mass is 10.0. The Hall–Kier alpha value is -2.32. The molecular weight excluding hydrogens is 294 g/mol. The van der Waals surface area contributed by atoms with Crippen LogP contribution in [0, 0.1) is 6.92 Å². The van der Waals surface area contributed by atoms with E-state index in [0.29, 0.717) is 17.1 Å². The standard InChI is InChI=1S/C19H16ClNO/c1-13-9-10-18(17(20)11-13)21-19(22)12-15-7-4-6-14-5-2-3-8-16(14)15/h2-11H,12H2,1H3,(H,21,22). The number of carbonyl (C=O) groups excluding carboxylic acids is 1. The quantitative estimate of drug-likeness (QED) is 0.726. The second-order valence-corrected chi connectivity index (χ2v) is 5.75. The Morgan fingerprint density at radius 2 is 1.82 bits per heavy atom. The van der Waals surface area contributed by atoms with Crippen molar-refractivity contribution in [1.29, 1.82) is 0 Å². The van der Waals surface area contributed by atoms with Gasteiger partial charge in [-0.2, -0.15) is 0 Å². The Labute approximate surface area is 134 Å². The number of halogens is 1. The summed E-state index contributed by atoms with van der Waals surface area (Å²) < 4.78 is 0. The first-order valence-electron chi connectivity index (χ1n) is 7.16. The van der Waals surface area contributed by atoms with E-state index >= 15 is 0 Å². The largest absolute Gasteiger partial charge is 0.324 e. The second-order valence-electron chi connectivity index (χ2n) is 5.35. The minimum absolute atomic E-state index is 0.0675. The average molecular weight is 310 g/mol. The lowest BCUT2D eigenvalue weighted by Gasteiger charge is -2.09. The average Bonchev–Trinajstić information content (AvgIpc) is 2.50. The van der Waals surface area contributed by atoms with E-state index in [-0.39, 0.29) is 5.91 Å². The predicted octanol–water partition coefficient (Wildman–Crippen LogP) is 4.98. The molecule has 0 unspecified atom stereocenters. The molecule has 0 aliphatic rings. The number of benzene rings is 3. The first-order chi connectivity index (χ1) is 10.6. The monoisotopic (exact) mass is 309 g/mol. The molecule has 0 aliphatic carbocycles. The first-order valence-corrected chi connectivity index (χ1v) is 7.54. The van der Waals surface area contributed by atoms with Crippen LogP contribution >= 0.6 is 11.6 Å². The molecule has 0 radical (unpaired) electrons. The van der Waals surface area contributed by atoms with Crippen molar-refractivity contribution in [3.8, 4) is 0 Å². The maximum atomic E-state index is 12.3. The third kappa shape index (κ3) is 3.12. The van der Waals surface area contributed by atoms with E-state index in [4.69, 9.17) is 11.6 Å². The van der Waals surface area contributed by atoms with Crippen molar-refractivity contribution in [2.75, 3.05) is 5.32 Å². The van der Waals surface area contributed by atoms with Crippen LogP contribution in [0.15, 0.2) is 60.7 Å². The van der Waals surface area contributed by atoms with E-state index in [1.807, 2.05) is 67.6 Å². The Bertz CT molecular complexity index is 836. The van der Waals surface area contributed by atoms with Gasteiger partial charge < -0.3 is 5.32 Å². The summed E-state index contributed by atoms with van der Waals surface area (Å²) in [7, 11) is 0. The van der Waals surface area contributed by atoms with Gasteiger partial charge in [-0.1, -0.05) is 60.1 Å². The lowest BCUT2D eigenvalue weighted by molar-refractivity contribution is -0.115. The Balaban J connectivity index is 1.81. The van der Waals surface area contributed by atoms with Crippen LogP contribution in [-0.2, 0) is 11.2 Å². The molecule has 2 nitrogen and oxygen atoms in total. The molecule has 0 aromatic heterocycles. The van der Waals surface area contributed by atoms with Gasteiger partial charge in [0, 0.05) is 0 Å². The number of rotatable bonds is 3. The summed E-state index contributed by atoms with van der Waals surface area (Å²) in [6.07, 6.45) is 0.325. The van der Waals surface area contributed by atoms with Gasteiger partial charge in [0.15, 0.2) is 0 Å². The van der Waals surface area contributed by atoms with Crippen LogP contribution in [0.5, 0.6) is 0 Å². The van der Waals surface area contributed by atoms with Crippen LogP contribution in [0.2, 0.25) is 5.02 Å². The predicted molar refractivity (Wildman–Crippen MR) is 92.5 cm³/mol. The zero-order valence-corrected chi connectivity index (χ0v) is 13.0. The number of hydrogen-bond acceptors (Lipinski definition) is 1. The summed E-state index contributed by atoms with van der Waals surface area (Å²) in [5.41, 5.74) is 2.73. The van der Waals surface area contributed by atoms with Crippen LogP contribution in [0.25, 0.3) is 10.8 Å². The van der Waals surface area contributed by atoms with Crippen molar-refractivity contribution >= 4 is 34.0 Å². The SMILES string of the molecule is Cc1ccc(NC(=O)Cc2cccc3ccccc23)c(Cl)c1. The molecule has 3 aromatic rings. The highest BCUT2D eigenvalue weighted by molar-refractivity contribution is 6.33. The van der Waals surface area contributed by atoms with Gasteiger partial charge in [-0.3, -0.25) is 4.79 Å². The third-order valence-corrected chi connectivity index (χ3v) is 3.94. The molecule has 3 rings (SSSR count). The maximum absolute atomic E-state index is 12.3. The van der Waals surface area contributed by atoms with E-state index in [2.05, 4.69) is 5.32 Å². The third-order valence-electron chi connectivity index (χ3n) is 3.63. The van der Waals surface area contributed by atoms with Crippen molar-refractivity contribution < 1.29 is 4.79 Å². The molecule has 3 heteroatoms. The fourth-order valence-corrected chi connectivity index (χ4v) is 2.82. The van der Waals surface area contributed by atoms with Crippen LogP contribution in [0.4, 0.5) is 5.69 Å². The van der Waals surface area contributed by atoms with E-state index in [9.17, 15) is 4.79 Å². The van der Waals surface area contributed by atoms with Crippen molar-refractivity contribution in [1.82, 2.24) is 0 Å². The number of aryl methyl sites for hydroxylation is 1. The van der Waals surface area contributed by atoms with Crippen LogP contribution in [0.3, 0.4) is 0 Å². The highest BCUT2D eigenvalue weighted by Gasteiger charge is 2.09. The van der Waals surface area contributed by atoms with Gasteiger partial charge in [0.05, 0.1) is 17.1 Å². The molecule has 0 spiro atoms. The summed E-state index contributed by atoms with van der Waals surface area (Å²) >= 11 is 6.16. The summed E-state index contributed by atoms with van der Waals surface area (Å²) in [4.78, 5) is 12.3. The van der Waals surface area contributed by atoms with Gasteiger partial charge in [0.1, 0.15) is 0 Å². The van der Waals surface area contributed by atoms with Gasteiger partial charge in [-0.25, -0.2) is 0 Å². The smallest absolute Gasteiger partial charge is 0.228 e. The summed E-state index contributed by atoms with van der Waals surface area (Å²) in [6.45, 7) is 1.97. The minimum Gasteiger partial charge on any atom is -0.324 e. The fourth-order valence-electron chi connectivity index (χ4n) is 2.54. The maximum Gasteiger partial charge on any atom is 0.228 e.